The van der Waals surface area contributed by atoms with E-state index >= 15 is 0 Å². The minimum atomic E-state index is -3.76. The summed E-state index contributed by atoms with van der Waals surface area (Å²) in [6.45, 7) is 2.62. The van der Waals surface area contributed by atoms with Crippen LogP contribution in [0.3, 0.4) is 0 Å². The van der Waals surface area contributed by atoms with Gasteiger partial charge in [-0.05, 0) is 43.9 Å². The monoisotopic (exact) mass is 340 g/mol. The Kier molecular flexibility index (Phi) is 6.10. The summed E-state index contributed by atoms with van der Waals surface area (Å²) in [5, 5.41) is 0. The summed E-state index contributed by atoms with van der Waals surface area (Å²) in [6.07, 6.45) is 1.36. The van der Waals surface area contributed by atoms with Crippen molar-refractivity contribution in [3.63, 3.8) is 0 Å². The van der Waals surface area contributed by atoms with Crippen molar-refractivity contribution in [1.29, 1.82) is 0 Å². The Labute approximate surface area is 129 Å². The molecule has 4 nitrogen and oxygen atoms in total. The number of hydrogen-bond donors (Lipinski definition) is 1. The van der Waals surface area contributed by atoms with Gasteiger partial charge in [0, 0.05) is 19.1 Å². The molecule has 120 valence electrons. The van der Waals surface area contributed by atoms with E-state index in [2.05, 4.69) is 0 Å². The van der Waals surface area contributed by atoms with Crippen LogP contribution in [0.4, 0.5) is 8.78 Å². The van der Waals surface area contributed by atoms with Crippen LogP contribution in [-0.4, -0.2) is 31.9 Å². The molecule has 1 fully saturated rings. The average Bonchev–Trinajstić information content (AvgIpc) is 2.41. The molecule has 1 saturated heterocycles. The maximum Gasteiger partial charge on any atom is 0.243 e. The van der Waals surface area contributed by atoms with Crippen LogP contribution in [0.25, 0.3) is 0 Å². The predicted molar refractivity (Wildman–Crippen MR) is 78.7 cm³/mol. The van der Waals surface area contributed by atoms with Gasteiger partial charge in [-0.2, -0.15) is 4.31 Å². The van der Waals surface area contributed by atoms with Crippen LogP contribution in [0.5, 0.6) is 0 Å². The van der Waals surface area contributed by atoms with Gasteiger partial charge in [0.1, 0.15) is 0 Å². The molecule has 1 aliphatic heterocycles. The number of piperidine rings is 1. The SMILES string of the molecule is CC(N)C1CCN(S(=O)(=O)c2ccc(F)c(F)c2)CC1.Cl. The Balaban J connectivity index is 0.00000220. The Bertz CT molecular complexity index is 588. The van der Waals surface area contributed by atoms with Gasteiger partial charge in [-0.3, -0.25) is 0 Å². The summed E-state index contributed by atoms with van der Waals surface area (Å²) in [5.74, 6) is -1.91. The standard InChI is InChI=1S/C13H18F2N2O2S.ClH/c1-9(16)10-4-6-17(7-5-10)20(18,19)11-2-3-12(14)13(15)8-11;/h2-3,8-10H,4-7,16H2,1H3;1H. The third kappa shape index (κ3) is 3.91. The first-order valence-electron chi connectivity index (χ1n) is 6.53. The largest absolute Gasteiger partial charge is 0.328 e. The van der Waals surface area contributed by atoms with Crippen LogP contribution in [0.1, 0.15) is 19.8 Å². The molecule has 1 unspecified atom stereocenters. The summed E-state index contributed by atoms with van der Waals surface area (Å²) in [7, 11) is -3.76. The molecule has 21 heavy (non-hydrogen) atoms. The predicted octanol–water partition coefficient (Wildman–Crippen LogP) is 2.13. The Morgan fingerprint density at radius 3 is 2.29 bits per heavy atom. The third-order valence-corrected chi connectivity index (χ3v) is 5.67. The molecule has 0 amide bonds. The summed E-state index contributed by atoms with van der Waals surface area (Å²) in [5.41, 5.74) is 5.81. The van der Waals surface area contributed by atoms with Gasteiger partial charge in [0.2, 0.25) is 10.0 Å². The topological polar surface area (TPSA) is 63.4 Å². The fraction of sp³-hybridized carbons (Fsp3) is 0.538. The van der Waals surface area contributed by atoms with Crippen molar-refractivity contribution in [2.45, 2.75) is 30.7 Å². The van der Waals surface area contributed by atoms with Gasteiger partial charge < -0.3 is 5.73 Å². The maximum atomic E-state index is 13.2. The molecule has 0 aromatic heterocycles. The second-order valence-corrected chi connectivity index (χ2v) is 7.11. The van der Waals surface area contributed by atoms with Crippen molar-refractivity contribution in [3.05, 3.63) is 29.8 Å². The number of halogens is 3. The molecule has 0 radical (unpaired) electrons. The van der Waals surface area contributed by atoms with Crippen molar-refractivity contribution in [1.82, 2.24) is 4.31 Å². The molecular weight excluding hydrogens is 322 g/mol. The van der Waals surface area contributed by atoms with Crippen molar-refractivity contribution in [2.75, 3.05) is 13.1 Å². The lowest BCUT2D eigenvalue weighted by Gasteiger charge is -2.32. The minimum absolute atomic E-state index is 0. The smallest absolute Gasteiger partial charge is 0.243 e. The van der Waals surface area contributed by atoms with Crippen LogP contribution in [0, 0.1) is 17.6 Å². The molecule has 0 bridgehead atoms. The van der Waals surface area contributed by atoms with Gasteiger partial charge in [0.15, 0.2) is 11.6 Å². The molecule has 2 N–H and O–H groups in total. The van der Waals surface area contributed by atoms with Gasteiger partial charge in [-0.1, -0.05) is 0 Å². The molecule has 1 heterocycles. The Hall–Kier alpha value is -0.760. The number of rotatable bonds is 3. The van der Waals surface area contributed by atoms with Crippen molar-refractivity contribution in [3.8, 4) is 0 Å². The normalized spacial score (nSPS) is 19.0. The van der Waals surface area contributed by atoms with E-state index in [4.69, 9.17) is 5.73 Å². The van der Waals surface area contributed by atoms with E-state index in [1.54, 1.807) is 0 Å². The number of nitrogens with zero attached hydrogens (tertiary/aromatic N) is 1. The maximum absolute atomic E-state index is 13.2. The van der Waals surface area contributed by atoms with Crippen LogP contribution < -0.4 is 5.73 Å². The van der Waals surface area contributed by atoms with Crippen molar-refractivity contribution >= 4 is 22.4 Å². The van der Waals surface area contributed by atoms with Gasteiger partial charge in [-0.25, -0.2) is 17.2 Å². The van der Waals surface area contributed by atoms with E-state index in [1.165, 1.54) is 4.31 Å². The fourth-order valence-electron chi connectivity index (χ4n) is 2.43. The summed E-state index contributed by atoms with van der Waals surface area (Å²) in [4.78, 5) is -0.212. The minimum Gasteiger partial charge on any atom is -0.328 e. The molecule has 2 rings (SSSR count). The van der Waals surface area contributed by atoms with E-state index in [0.717, 1.165) is 18.2 Å². The summed E-state index contributed by atoms with van der Waals surface area (Å²) in [6, 6.07) is 2.67. The highest BCUT2D eigenvalue weighted by Crippen LogP contribution is 2.25. The lowest BCUT2D eigenvalue weighted by atomic mass is 9.92. The Morgan fingerprint density at radius 2 is 1.81 bits per heavy atom. The zero-order valence-corrected chi connectivity index (χ0v) is 13.3. The van der Waals surface area contributed by atoms with Gasteiger partial charge in [0.25, 0.3) is 0 Å². The lowest BCUT2D eigenvalue weighted by molar-refractivity contribution is 0.250. The van der Waals surface area contributed by atoms with Gasteiger partial charge in [0.05, 0.1) is 4.90 Å². The van der Waals surface area contributed by atoms with E-state index in [-0.39, 0.29) is 23.3 Å². The molecule has 1 atom stereocenters. The first-order valence-corrected chi connectivity index (χ1v) is 7.97. The first-order chi connectivity index (χ1) is 9.32. The molecule has 1 aromatic carbocycles. The lowest BCUT2D eigenvalue weighted by Crippen LogP contribution is -2.42. The third-order valence-electron chi connectivity index (χ3n) is 3.77. The zero-order chi connectivity index (χ0) is 14.9. The van der Waals surface area contributed by atoms with E-state index in [9.17, 15) is 17.2 Å². The van der Waals surface area contributed by atoms with Crippen molar-refractivity contribution < 1.29 is 17.2 Å². The summed E-state index contributed by atoms with van der Waals surface area (Å²) >= 11 is 0. The van der Waals surface area contributed by atoms with Crippen LogP contribution >= 0.6 is 12.4 Å². The zero-order valence-electron chi connectivity index (χ0n) is 11.6. The van der Waals surface area contributed by atoms with Crippen molar-refractivity contribution in [2.24, 2.45) is 11.7 Å². The van der Waals surface area contributed by atoms with E-state index in [0.29, 0.717) is 31.8 Å². The molecular formula is C13H19ClF2N2O2S. The molecule has 0 spiro atoms. The highest BCUT2D eigenvalue weighted by molar-refractivity contribution is 7.89. The average molecular weight is 341 g/mol. The van der Waals surface area contributed by atoms with E-state index in [1.807, 2.05) is 6.92 Å². The van der Waals surface area contributed by atoms with Gasteiger partial charge in [-0.15, -0.1) is 12.4 Å². The Morgan fingerprint density at radius 1 is 1.24 bits per heavy atom. The second-order valence-electron chi connectivity index (χ2n) is 5.18. The molecule has 0 saturated carbocycles. The van der Waals surface area contributed by atoms with Crippen LogP contribution in [0.2, 0.25) is 0 Å². The highest BCUT2D eigenvalue weighted by Gasteiger charge is 2.30. The highest BCUT2D eigenvalue weighted by atomic mass is 35.5. The number of benzene rings is 1. The van der Waals surface area contributed by atoms with Gasteiger partial charge >= 0.3 is 0 Å². The van der Waals surface area contributed by atoms with E-state index < -0.39 is 21.7 Å². The fourth-order valence-corrected chi connectivity index (χ4v) is 3.91. The first kappa shape index (κ1) is 18.3. The number of nitrogens with two attached hydrogens (primary N) is 1. The number of sulfonamides is 1. The molecule has 1 aliphatic rings. The summed E-state index contributed by atoms with van der Waals surface area (Å²) < 4.78 is 52.0. The van der Waals surface area contributed by atoms with Crippen LogP contribution in [0.15, 0.2) is 23.1 Å². The molecule has 0 aliphatic carbocycles. The number of hydrogen-bond acceptors (Lipinski definition) is 3. The van der Waals surface area contributed by atoms with Crippen LogP contribution in [-0.2, 0) is 10.0 Å². The molecule has 1 aromatic rings. The second kappa shape index (κ2) is 7.00. The quantitative estimate of drug-likeness (QED) is 0.916. The molecule has 8 heteroatoms.